The molecule has 1 aliphatic heterocycles. The lowest BCUT2D eigenvalue weighted by atomic mass is 10.1. The van der Waals surface area contributed by atoms with Crippen molar-refractivity contribution in [3.8, 4) is 0 Å². The van der Waals surface area contributed by atoms with Crippen LogP contribution in [-0.2, 0) is 25.6 Å². The maximum atomic E-state index is 12.7. The summed E-state index contributed by atoms with van der Waals surface area (Å²) in [7, 11) is 0. The van der Waals surface area contributed by atoms with E-state index in [2.05, 4.69) is 0 Å². The van der Waals surface area contributed by atoms with E-state index in [-0.39, 0.29) is 30.9 Å². The molecule has 0 aromatic heterocycles. The highest BCUT2D eigenvalue weighted by molar-refractivity contribution is 6.31. The van der Waals surface area contributed by atoms with Crippen molar-refractivity contribution in [2.75, 3.05) is 6.61 Å². The van der Waals surface area contributed by atoms with E-state index in [1.54, 1.807) is 42.5 Å². The lowest BCUT2D eigenvalue weighted by molar-refractivity contribution is -0.386. The molecule has 0 radical (unpaired) electrons. The summed E-state index contributed by atoms with van der Waals surface area (Å²) in [6.45, 7) is -0.317. The van der Waals surface area contributed by atoms with Gasteiger partial charge in [-0.15, -0.1) is 0 Å². The number of rotatable bonds is 9. The summed E-state index contributed by atoms with van der Waals surface area (Å²) < 4.78 is 22.7. The number of esters is 2. The Morgan fingerprint density at radius 2 is 1.51 bits per heavy atom. The number of benzene rings is 3. The maximum absolute atomic E-state index is 12.7. The normalized spacial score (nSPS) is 18.8. The van der Waals surface area contributed by atoms with Crippen LogP contribution in [0.25, 0.3) is 0 Å². The fraction of sp³-hybridized carbons (Fsp3) is 0.231. The molecule has 11 heteroatoms. The average Bonchev–Trinajstić information content (AvgIpc) is 3.28. The van der Waals surface area contributed by atoms with Gasteiger partial charge >= 0.3 is 11.9 Å². The van der Waals surface area contributed by atoms with Crippen molar-refractivity contribution >= 4 is 40.8 Å². The van der Waals surface area contributed by atoms with Gasteiger partial charge in [-0.05, 0) is 54.6 Å². The fourth-order valence-electron chi connectivity index (χ4n) is 3.67. The van der Waals surface area contributed by atoms with Crippen LogP contribution in [0.5, 0.6) is 0 Å². The SMILES string of the molecule is O=C(OC[C@H]1O[C@@H](OCc2ccccc2[N+](=O)[O-])C[C@@H]1OC(=O)c1ccc(Cl)cc1)c1ccc(Cl)cc1. The number of carbonyl (C=O) groups is 2. The predicted molar refractivity (Wildman–Crippen MR) is 134 cm³/mol. The molecule has 3 atom stereocenters. The highest BCUT2D eigenvalue weighted by atomic mass is 35.5. The molecule has 1 aliphatic rings. The third-order valence-corrected chi connectivity index (χ3v) is 6.08. The number of halogens is 2. The molecule has 1 heterocycles. The number of nitrogens with zero attached hydrogens (tertiary/aromatic N) is 1. The Hall–Kier alpha value is -3.50. The number of hydrogen-bond donors (Lipinski definition) is 0. The third-order valence-electron chi connectivity index (χ3n) is 5.58. The van der Waals surface area contributed by atoms with E-state index >= 15 is 0 Å². The van der Waals surface area contributed by atoms with E-state index < -0.39 is 35.4 Å². The van der Waals surface area contributed by atoms with Crippen molar-refractivity contribution in [1.29, 1.82) is 0 Å². The number of carbonyl (C=O) groups excluding carboxylic acids is 2. The van der Waals surface area contributed by atoms with Crippen molar-refractivity contribution in [2.45, 2.75) is 31.5 Å². The van der Waals surface area contributed by atoms with Gasteiger partial charge in [0.25, 0.3) is 5.69 Å². The molecule has 9 nitrogen and oxygen atoms in total. The van der Waals surface area contributed by atoms with Crippen LogP contribution in [0.15, 0.2) is 72.8 Å². The molecular weight excluding hydrogens is 525 g/mol. The number of hydrogen-bond acceptors (Lipinski definition) is 8. The van der Waals surface area contributed by atoms with E-state index in [1.165, 1.54) is 30.3 Å². The van der Waals surface area contributed by atoms with Gasteiger partial charge in [0.05, 0.1) is 28.2 Å². The highest BCUT2D eigenvalue weighted by Gasteiger charge is 2.40. The second kappa shape index (κ2) is 12.2. The molecule has 0 bridgehead atoms. The first-order valence-electron chi connectivity index (χ1n) is 11.2. The molecule has 3 aromatic carbocycles. The van der Waals surface area contributed by atoms with Crippen LogP contribution in [0.2, 0.25) is 10.0 Å². The predicted octanol–water partition coefficient (Wildman–Crippen LogP) is 5.62. The number of nitro benzene ring substituents is 1. The quantitative estimate of drug-likeness (QED) is 0.193. The van der Waals surface area contributed by atoms with E-state index in [0.29, 0.717) is 21.2 Å². The second-order valence-corrected chi connectivity index (χ2v) is 8.97. The maximum Gasteiger partial charge on any atom is 0.338 e. The summed E-state index contributed by atoms with van der Waals surface area (Å²) in [5.74, 6) is -1.22. The first kappa shape index (κ1) is 26.6. The summed E-state index contributed by atoms with van der Waals surface area (Å²) in [6, 6.07) is 18.5. The Morgan fingerprint density at radius 1 is 0.919 bits per heavy atom. The highest BCUT2D eigenvalue weighted by Crippen LogP contribution is 2.28. The summed E-state index contributed by atoms with van der Waals surface area (Å²) >= 11 is 11.8. The van der Waals surface area contributed by atoms with Gasteiger partial charge in [-0.2, -0.15) is 0 Å². The van der Waals surface area contributed by atoms with E-state index in [0.717, 1.165) is 0 Å². The van der Waals surface area contributed by atoms with Crippen LogP contribution in [0.1, 0.15) is 32.7 Å². The molecule has 0 N–H and O–H groups in total. The smallest absolute Gasteiger partial charge is 0.338 e. The molecule has 37 heavy (non-hydrogen) atoms. The summed E-state index contributed by atoms with van der Waals surface area (Å²) in [5, 5.41) is 12.2. The van der Waals surface area contributed by atoms with Crippen LogP contribution >= 0.6 is 23.2 Å². The first-order valence-corrected chi connectivity index (χ1v) is 11.9. The molecule has 0 spiro atoms. The molecule has 0 unspecified atom stereocenters. The third kappa shape index (κ3) is 7.05. The van der Waals surface area contributed by atoms with Gasteiger partial charge < -0.3 is 18.9 Å². The van der Waals surface area contributed by atoms with E-state index in [4.69, 9.17) is 42.1 Å². The average molecular weight is 546 g/mol. The monoisotopic (exact) mass is 545 g/mol. The first-order chi connectivity index (χ1) is 17.8. The Balaban J connectivity index is 1.43. The van der Waals surface area contributed by atoms with Gasteiger partial charge in [-0.1, -0.05) is 35.3 Å². The summed E-state index contributed by atoms with van der Waals surface area (Å²) in [6.07, 6.45) is -2.37. The summed E-state index contributed by atoms with van der Waals surface area (Å²) in [5.41, 5.74) is 0.856. The van der Waals surface area contributed by atoms with Gasteiger partial charge in [-0.3, -0.25) is 10.1 Å². The molecule has 0 amide bonds. The van der Waals surface area contributed by atoms with Crippen molar-refractivity contribution in [1.82, 2.24) is 0 Å². The van der Waals surface area contributed by atoms with Crippen LogP contribution < -0.4 is 0 Å². The van der Waals surface area contributed by atoms with Crippen molar-refractivity contribution in [3.05, 3.63) is 110 Å². The van der Waals surface area contributed by atoms with Crippen LogP contribution in [0.3, 0.4) is 0 Å². The van der Waals surface area contributed by atoms with Crippen LogP contribution in [-0.4, -0.2) is 42.0 Å². The molecule has 0 aliphatic carbocycles. The number of ether oxygens (including phenoxy) is 4. The number of para-hydroxylation sites is 1. The minimum Gasteiger partial charge on any atom is -0.459 e. The number of nitro groups is 1. The zero-order valence-corrected chi connectivity index (χ0v) is 20.8. The largest absolute Gasteiger partial charge is 0.459 e. The van der Waals surface area contributed by atoms with Crippen molar-refractivity contribution in [2.24, 2.45) is 0 Å². The second-order valence-electron chi connectivity index (χ2n) is 8.09. The molecule has 3 aromatic rings. The zero-order valence-electron chi connectivity index (χ0n) is 19.3. The van der Waals surface area contributed by atoms with Crippen molar-refractivity contribution < 1.29 is 33.5 Å². The lowest BCUT2D eigenvalue weighted by Crippen LogP contribution is -2.32. The minimum absolute atomic E-state index is 0.0837. The Kier molecular flexibility index (Phi) is 8.73. The van der Waals surface area contributed by atoms with Gasteiger partial charge in [-0.25, -0.2) is 9.59 Å². The zero-order chi connectivity index (χ0) is 26.4. The molecule has 4 rings (SSSR count). The molecule has 1 saturated heterocycles. The van der Waals surface area contributed by atoms with Crippen LogP contribution in [0, 0.1) is 10.1 Å². The van der Waals surface area contributed by atoms with Crippen LogP contribution in [0.4, 0.5) is 5.69 Å². The van der Waals surface area contributed by atoms with Gasteiger partial charge in [0.1, 0.15) is 18.8 Å². The Morgan fingerprint density at radius 3 is 2.14 bits per heavy atom. The van der Waals surface area contributed by atoms with Crippen molar-refractivity contribution in [3.63, 3.8) is 0 Å². The van der Waals surface area contributed by atoms with E-state index in [1.807, 2.05) is 0 Å². The molecule has 192 valence electrons. The Bertz CT molecular complexity index is 1270. The topological polar surface area (TPSA) is 114 Å². The van der Waals surface area contributed by atoms with Gasteiger partial charge in [0.15, 0.2) is 6.29 Å². The standard InChI is InChI=1S/C26H21Cl2NO8/c27-19-9-5-16(6-10-19)25(30)35-15-23-22(37-26(31)17-7-11-20(28)12-8-17)13-24(36-23)34-14-18-3-1-2-4-21(18)29(32)33/h1-12,22-24H,13-15H2/t22-,23+,24+/m0/s1. The summed E-state index contributed by atoms with van der Waals surface area (Å²) in [4.78, 5) is 35.9. The lowest BCUT2D eigenvalue weighted by Gasteiger charge is -2.19. The minimum atomic E-state index is -0.859. The fourth-order valence-corrected chi connectivity index (χ4v) is 3.92. The molecule has 0 saturated carbocycles. The molecule has 1 fully saturated rings. The van der Waals surface area contributed by atoms with Gasteiger partial charge in [0.2, 0.25) is 0 Å². The van der Waals surface area contributed by atoms with Gasteiger partial charge in [0, 0.05) is 22.5 Å². The Labute approximate surface area is 221 Å². The molecular formula is C26H21Cl2NO8. The van der Waals surface area contributed by atoms with E-state index in [9.17, 15) is 19.7 Å².